The summed E-state index contributed by atoms with van der Waals surface area (Å²) in [6.07, 6.45) is 0.892. The van der Waals surface area contributed by atoms with E-state index in [0.717, 1.165) is 18.7 Å². The third-order valence-corrected chi connectivity index (χ3v) is 3.45. The smallest absolute Gasteiger partial charge is 0.220 e. The van der Waals surface area contributed by atoms with Crippen LogP contribution in [0.25, 0.3) is 0 Å². The van der Waals surface area contributed by atoms with Gasteiger partial charge in [-0.05, 0) is 43.5 Å². The highest BCUT2D eigenvalue weighted by Gasteiger charge is 2.35. The summed E-state index contributed by atoms with van der Waals surface area (Å²) in [5.41, 5.74) is 8.83. The first-order valence-corrected chi connectivity index (χ1v) is 5.60. The zero-order chi connectivity index (χ0) is 11.9. The third kappa shape index (κ3) is 1.56. The molecule has 3 heteroatoms. The molecular weight excluding hydrogens is 200 g/mol. The Morgan fingerprint density at radius 3 is 2.75 bits per heavy atom. The Morgan fingerprint density at radius 1 is 1.44 bits per heavy atom. The average molecular weight is 218 g/mol. The standard InChI is InChI=1S/C13H18N2O/c1-9(16)15-7-6-10-8-11(14)4-5-12(10)13(15,2)3/h4-5,8H,6-7,14H2,1-3H3. The average Bonchev–Trinajstić information content (AvgIpc) is 2.15. The monoisotopic (exact) mass is 218 g/mol. The number of nitrogens with two attached hydrogens (primary N) is 1. The molecule has 0 aromatic heterocycles. The number of hydrogen-bond donors (Lipinski definition) is 1. The van der Waals surface area contributed by atoms with E-state index >= 15 is 0 Å². The van der Waals surface area contributed by atoms with Crippen LogP contribution >= 0.6 is 0 Å². The summed E-state index contributed by atoms with van der Waals surface area (Å²) < 4.78 is 0. The van der Waals surface area contributed by atoms with Gasteiger partial charge in [0.1, 0.15) is 0 Å². The topological polar surface area (TPSA) is 46.3 Å². The zero-order valence-corrected chi connectivity index (χ0v) is 10.1. The lowest BCUT2D eigenvalue weighted by atomic mass is 9.83. The molecule has 86 valence electrons. The molecule has 1 aliphatic heterocycles. The summed E-state index contributed by atoms with van der Waals surface area (Å²) in [4.78, 5) is 13.5. The van der Waals surface area contributed by atoms with E-state index in [-0.39, 0.29) is 11.4 Å². The number of nitrogens with zero attached hydrogens (tertiary/aromatic N) is 1. The largest absolute Gasteiger partial charge is 0.399 e. The van der Waals surface area contributed by atoms with Gasteiger partial charge in [0.25, 0.3) is 0 Å². The molecule has 2 rings (SSSR count). The molecular formula is C13H18N2O. The van der Waals surface area contributed by atoms with Gasteiger partial charge in [0, 0.05) is 19.2 Å². The summed E-state index contributed by atoms with van der Waals surface area (Å²) >= 11 is 0. The summed E-state index contributed by atoms with van der Waals surface area (Å²) in [6.45, 7) is 6.58. The van der Waals surface area contributed by atoms with Crippen LogP contribution in [0.5, 0.6) is 0 Å². The highest BCUT2D eigenvalue weighted by Crippen LogP contribution is 2.35. The molecule has 1 amide bonds. The van der Waals surface area contributed by atoms with Gasteiger partial charge in [-0.2, -0.15) is 0 Å². The molecule has 0 unspecified atom stereocenters. The summed E-state index contributed by atoms with van der Waals surface area (Å²) in [5.74, 6) is 0.132. The van der Waals surface area contributed by atoms with E-state index in [1.54, 1.807) is 6.92 Å². The van der Waals surface area contributed by atoms with Gasteiger partial charge in [-0.15, -0.1) is 0 Å². The van der Waals surface area contributed by atoms with Crippen LogP contribution in [-0.4, -0.2) is 17.4 Å². The van der Waals surface area contributed by atoms with Crippen molar-refractivity contribution >= 4 is 11.6 Å². The van der Waals surface area contributed by atoms with Crippen LogP contribution in [0.3, 0.4) is 0 Å². The molecule has 0 saturated heterocycles. The second kappa shape index (κ2) is 3.51. The second-order valence-corrected chi connectivity index (χ2v) is 4.90. The van der Waals surface area contributed by atoms with Crippen molar-refractivity contribution in [2.45, 2.75) is 32.7 Å². The van der Waals surface area contributed by atoms with Crippen molar-refractivity contribution < 1.29 is 4.79 Å². The Morgan fingerprint density at radius 2 is 2.12 bits per heavy atom. The van der Waals surface area contributed by atoms with Gasteiger partial charge >= 0.3 is 0 Å². The normalized spacial score (nSPS) is 18.1. The molecule has 0 bridgehead atoms. The van der Waals surface area contributed by atoms with E-state index in [9.17, 15) is 4.79 Å². The number of benzene rings is 1. The van der Waals surface area contributed by atoms with Crippen LogP contribution in [-0.2, 0) is 16.8 Å². The first kappa shape index (κ1) is 11.0. The van der Waals surface area contributed by atoms with Crippen molar-refractivity contribution in [2.75, 3.05) is 12.3 Å². The molecule has 16 heavy (non-hydrogen) atoms. The van der Waals surface area contributed by atoms with E-state index < -0.39 is 0 Å². The highest BCUT2D eigenvalue weighted by molar-refractivity contribution is 5.75. The first-order chi connectivity index (χ1) is 7.43. The Hall–Kier alpha value is -1.51. The molecule has 1 aromatic rings. The van der Waals surface area contributed by atoms with Gasteiger partial charge in [-0.1, -0.05) is 6.07 Å². The number of carbonyl (C=O) groups excluding carboxylic acids is 1. The van der Waals surface area contributed by atoms with Gasteiger partial charge in [-0.25, -0.2) is 0 Å². The Labute approximate surface area is 96.2 Å². The Bertz CT molecular complexity index is 438. The first-order valence-electron chi connectivity index (χ1n) is 5.60. The number of fused-ring (bicyclic) bond motifs is 1. The molecule has 0 spiro atoms. The van der Waals surface area contributed by atoms with Gasteiger partial charge in [-0.3, -0.25) is 4.79 Å². The minimum Gasteiger partial charge on any atom is -0.399 e. The van der Waals surface area contributed by atoms with Crippen molar-refractivity contribution in [3.8, 4) is 0 Å². The van der Waals surface area contributed by atoms with Crippen molar-refractivity contribution in [2.24, 2.45) is 0 Å². The van der Waals surface area contributed by atoms with Gasteiger partial charge in [0.2, 0.25) is 5.91 Å². The lowest BCUT2D eigenvalue weighted by molar-refractivity contribution is -0.135. The number of rotatable bonds is 0. The molecule has 1 heterocycles. The van der Waals surface area contributed by atoms with E-state index in [0.29, 0.717) is 0 Å². The van der Waals surface area contributed by atoms with Crippen molar-refractivity contribution in [3.05, 3.63) is 29.3 Å². The maximum atomic E-state index is 11.6. The van der Waals surface area contributed by atoms with E-state index in [1.165, 1.54) is 11.1 Å². The number of amides is 1. The van der Waals surface area contributed by atoms with Crippen LogP contribution in [0.1, 0.15) is 31.9 Å². The fraction of sp³-hybridized carbons (Fsp3) is 0.462. The lowest BCUT2D eigenvalue weighted by Gasteiger charge is -2.43. The predicted molar refractivity (Wildman–Crippen MR) is 65.0 cm³/mol. The summed E-state index contributed by atoms with van der Waals surface area (Å²) in [6, 6.07) is 5.97. The predicted octanol–water partition coefficient (Wildman–Crippen LogP) is 1.91. The fourth-order valence-corrected chi connectivity index (χ4v) is 2.63. The van der Waals surface area contributed by atoms with Gasteiger partial charge in [0.05, 0.1) is 5.54 Å². The van der Waals surface area contributed by atoms with E-state index in [1.807, 2.05) is 23.1 Å². The van der Waals surface area contributed by atoms with E-state index in [2.05, 4.69) is 13.8 Å². The maximum absolute atomic E-state index is 11.6. The van der Waals surface area contributed by atoms with Crippen LogP contribution in [0.15, 0.2) is 18.2 Å². The second-order valence-electron chi connectivity index (χ2n) is 4.90. The molecule has 3 nitrogen and oxygen atoms in total. The minimum atomic E-state index is -0.229. The third-order valence-electron chi connectivity index (χ3n) is 3.45. The fourth-order valence-electron chi connectivity index (χ4n) is 2.63. The Balaban J connectivity index is 2.50. The van der Waals surface area contributed by atoms with Crippen molar-refractivity contribution in [3.63, 3.8) is 0 Å². The maximum Gasteiger partial charge on any atom is 0.220 e. The van der Waals surface area contributed by atoms with Crippen LogP contribution in [0, 0.1) is 0 Å². The summed E-state index contributed by atoms with van der Waals surface area (Å²) in [5, 5.41) is 0. The Kier molecular flexibility index (Phi) is 2.41. The highest BCUT2D eigenvalue weighted by atomic mass is 16.2. The van der Waals surface area contributed by atoms with Crippen LogP contribution < -0.4 is 5.73 Å². The molecule has 0 saturated carbocycles. The SMILES string of the molecule is CC(=O)N1CCc2cc(N)ccc2C1(C)C. The number of carbonyl (C=O) groups is 1. The minimum absolute atomic E-state index is 0.132. The molecule has 1 aromatic carbocycles. The molecule has 0 fully saturated rings. The van der Waals surface area contributed by atoms with Gasteiger partial charge in [0.15, 0.2) is 0 Å². The molecule has 2 N–H and O–H groups in total. The number of hydrogen-bond acceptors (Lipinski definition) is 2. The molecule has 0 atom stereocenters. The molecule has 0 aliphatic carbocycles. The zero-order valence-electron chi connectivity index (χ0n) is 10.1. The quantitative estimate of drug-likeness (QED) is 0.676. The summed E-state index contributed by atoms with van der Waals surface area (Å²) in [7, 11) is 0. The lowest BCUT2D eigenvalue weighted by Crippen LogP contribution is -2.49. The van der Waals surface area contributed by atoms with Crippen LogP contribution in [0.2, 0.25) is 0 Å². The number of anilines is 1. The van der Waals surface area contributed by atoms with Crippen molar-refractivity contribution in [1.29, 1.82) is 0 Å². The molecule has 1 aliphatic rings. The van der Waals surface area contributed by atoms with Crippen molar-refractivity contribution in [1.82, 2.24) is 4.90 Å². The van der Waals surface area contributed by atoms with E-state index in [4.69, 9.17) is 5.73 Å². The molecule has 0 radical (unpaired) electrons. The van der Waals surface area contributed by atoms with Crippen LogP contribution in [0.4, 0.5) is 5.69 Å². The van der Waals surface area contributed by atoms with Gasteiger partial charge < -0.3 is 10.6 Å². The number of nitrogen functional groups attached to an aromatic ring is 1.